The molecule has 1 aromatic heterocycles. The van der Waals surface area contributed by atoms with Gasteiger partial charge in [-0.3, -0.25) is 9.89 Å². The fourth-order valence-electron chi connectivity index (χ4n) is 1.59. The lowest BCUT2D eigenvalue weighted by molar-refractivity contribution is -0.142. The minimum absolute atomic E-state index is 0.0344. The number of hydrogen-bond acceptors (Lipinski definition) is 5. The molecule has 0 spiro atoms. The van der Waals surface area contributed by atoms with Crippen molar-refractivity contribution in [2.45, 2.75) is 25.4 Å². The van der Waals surface area contributed by atoms with Gasteiger partial charge in [-0.1, -0.05) is 0 Å². The van der Waals surface area contributed by atoms with Gasteiger partial charge in [0.1, 0.15) is 6.04 Å². The third kappa shape index (κ3) is 5.51. The monoisotopic (exact) mass is 298 g/mol. The highest BCUT2D eigenvalue weighted by Gasteiger charge is 2.22. The number of H-pyrrole nitrogens is 1. The molecule has 1 rings (SSSR count). The number of esters is 1. The van der Waals surface area contributed by atoms with Gasteiger partial charge in [-0.05, 0) is 6.42 Å². The van der Waals surface area contributed by atoms with Gasteiger partial charge in [0.15, 0.2) is 0 Å². The molecule has 0 radical (unpaired) electrons. The first kappa shape index (κ1) is 16.5. The Hall–Kier alpha value is -2.58. The molecule has 9 heteroatoms. The Morgan fingerprint density at radius 1 is 1.52 bits per heavy atom. The van der Waals surface area contributed by atoms with Gasteiger partial charge in [0.25, 0.3) is 0 Å². The zero-order valence-electron chi connectivity index (χ0n) is 11.8. The van der Waals surface area contributed by atoms with Gasteiger partial charge in [-0.2, -0.15) is 5.10 Å². The third-order valence-electron chi connectivity index (χ3n) is 2.78. The second-order valence-corrected chi connectivity index (χ2v) is 4.42. The standard InChI is InChI=1S/C12H18N4O5/c1-16(7-8-5-13-14-6-8)12(20)15-9(11(18)19)3-4-10(17)21-2/h5-6,9H,3-4,7H2,1-2H3,(H,13,14)(H,15,20)(H,18,19)/t9-/m1/s1. The van der Waals surface area contributed by atoms with E-state index in [-0.39, 0.29) is 19.4 Å². The van der Waals surface area contributed by atoms with Crippen LogP contribution in [0.1, 0.15) is 18.4 Å². The SMILES string of the molecule is COC(=O)CC[C@@H](NC(=O)N(C)Cc1cn[nH]c1)C(=O)O. The number of carboxylic acids is 1. The van der Waals surface area contributed by atoms with Gasteiger partial charge in [0.05, 0.1) is 19.9 Å². The van der Waals surface area contributed by atoms with Crippen molar-refractivity contribution in [1.82, 2.24) is 20.4 Å². The van der Waals surface area contributed by atoms with Crippen molar-refractivity contribution in [2.75, 3.05) is 14.2 Å². The number of urea groups is 1. The van der Waals surface area contributed by atoms with Crippen molar-refractivity contribution in [1.29, 1.82) is 0 Å². The molecule has 9 nitrogen and oxygen atoms in total. The Balaban J connectivity index is 2.51. The average Bonchev–Trinajstić information content (AvgIpc) is 2.95. The molecule has 0 aliphatic carbocycles. The molecule has 1 heterocycles. The van der Waals surface area contributed by atoms with E-state index in [1.54, 1.807) is 12.4 Å². The lowest BCUT2D eigenvalue weighted by Gasteiger charge is -2.20. The summed E-state index contributed by atoms with van der Waals surface area (Å²) in [7, 11) is 2.75. The first-order valence-corrected chi connectivity index (χ1v) is 6.23. The number of aliphatic carboxylic acids is 1. The Labute approximate surface area is 121 Å². The van der Waals surface area contributed by atoms with E-state index in [4.69, 9.17) is 5.11 Å². The number of methoxy groups -OCH3 is 1. The van der Waals surface area contributed by atoms with Crippen LogP contribution in [-0.4, -0.2) is 58.4 Å². The normalized spacial score (nSPS) is 11.5. The van der Waals surface area contributed by atoms with Crippen LogP contribution in [0.4, 0.5) is 4.79 Å². The number of aromatic nitrogens is 2. The van der Waals surface area contributed by atoms with Crippen LogP contribution in [0.2, 0.25) is 0 Å². The molecule has 3 N–H and O–H groups in total. The summed E-state index contributed by atoms with van der Waals surface area (Å²) in [4.78, 5) is 35.3. The Morgan fingerprint density at radius 2 is 2.24 bits per heavy atom. The van der Waals surface area contributed by atoms with Crippen LogP contribution in [-0.2, 0) is 20.9 Å². The van der Waals surface area contributed by atoms with Crippen molar-refractivity contribution in [3.63, 3.8) is 0 Å². The van der Waals surface area contributed by atoms with Gasteiger partial charge < -0.3 is 20.1 Å². The number of nitrogens with zero attached hydrogens (tertiary/aromatic N) is 2. The molecule has 0 aliphatic rings. The van der Waals surface area contributed by atoms with Gasteiger partial charge in [-0.25, -0.2) is 9.59 Å². The van der Waals surface area contributed by atoms with Crippen molar-refractivity contribution < 1.29 is 24.2 Å². The number of amides is 2. The second kappa shape index (κ2) is 7.88. The Morgan fingerprint density at radius 3 is 2.76 bits per heavy atom. The zero-order chi connectivity index (χ0) is 15.8. The lowest BCUT2D eigenvalue weighted by Crippen LogP contribution is -2.46. The molecule has 0 saturated carbocycles. The van der Waals surface area contributed by atoms with Crippen molar-refractivity contribution in [3.05, 3.63) is 18.0 Å². The van der Waals surface area contributed by atoms with E-state index in [0.29, 0.717) is 0 Å². The number of carbonyl (C=O) groups is 3. The van der Waals surface area contributed by atoms with Gasteiger partial charge >= 0.3 is 18.0 Å². The van der Waals surface area contributed by atoms with Crippen LogP contribution < -0.4 is 5.32 Å². The number of hydrogen-bond donors (Lipinski definition) is 3. The maximum atomic E-state index is 11.9. The molecule has 0 fully saturated rings. The topological polar surface area (TPSA) is 125 Å². The Bertz CT molecular complexity index is 488. The highest BCUT2D eigenvalue weighted by molar-refractivity contribution is 5.83. The van der Waals surface area contributed by atoms with Crippen molar-refractivity contribution >= 4 is 18.0 Å². The molecule has 0 saturated heterocycles. The number of carboxylic acid groups (broad SMARTS) is 1. The fraction of sp³-hybridized carbons (Fsp3) is 0.500. The summed E-state index contributed by atoms with van der Waals surface area (Å²) in [5.41, 5.74) is 0.786. The average molecular weight is 298 g/mol. The number of aromatic amines is 1. The molecule has 0 aliphatic heterocycles. The van der Waals surface area contributed by atoms with E-state index >= 15 is 0 Å². The van der Waals surface area contributed by atoms with E-state index in [2.05, 4.69) is 20.3 Å². The lowest BCUT2D eigenvalue weighted by atomic mass is 10.1. The van der Waals surface area contributed by atoms with Crippen molar-refractivity contribution in [3.8, 4) is 0 Å². The summed E-state index contributed by atoms with van der Waals surface area (Å²) >= 11 is 0. The molecular weight excluding hydrogens is 280 g/mol. The first-order valence-electron chi connectivity index (χ1n) is 6.23. The number of ether oxygens (including phenoxy) is 1. The largest absolute Gasteiger partial charge is 0.480 e. The molecule has 116 valence electrons. The molecule has 0 unspecified atom stereocenters. The minimum Gasteiger partial charge on any atom is -0.480 e. The quantitative estimate of drug-likeness (QED) is 0.606. The van der Waals surface area contributed by atoms with Crippen LogP contribution >= 0.6 is 0 Å². The summed E-state index contributed by atoms with van der Waals surface area (Å²) in [6.45, 7) is 0.283. The maximum absolute atomic E-state index is 11.9. The predicted octanol–water partition coefficient (Wildman–Crippen LogP) is -0.0425. The molecule has 0 aromatic carbocycles. The van der Waals surface area contributed by atoms with Crippen LogP contribution in [0.3, 0.4) is 0 Å². The maximum Gasteiger partial charge on any atom is 0.326 e. The first-order chi connectivity index (χ1) is 9.93. The van der Waals surface area contributed by atoms with Crippen LogP contribution in [0, 0.1) is 0 Å². The molecular formula is C12H18N4O5. The summed E-state index contributed by atoms with van der Waals surface area (Å²) in [5, 5.41) is 17.8. The minimum atomic E-state index is -1.20. The van der Waals surface area contributed by atoms with Gasteiger partial charge in [0.2, 0.25) is 0 Å². The van der Waals surface area contributed by atoms with E-state index in [0.717, 1.165) is 5.56 Å². The predicted molar refractivity (Wildman–Crippen MR) is 71.3 cm³/mol. The van der Waals surface area contributed by atoms with E-state index < -0.39 is 24.0 Å². The second-order valence-electron chi connectivity index (χ2n) is 4.42. The summed E-state index contributed by atoms with van der Waals surface area (Å²) < 4.78 is 4.44. The number of nitrogens with one attached hydrogen (secondary N) is 2. The summed E-state index contributed by atoms with van der Waals surface area (Å²) in [5.74, 6) is -1.73. The van der Waals surface area contributed by atoms with Gasteiger partial charge in [0, 0.05) is 25.2 Å². The molecule has 1 atom stereocenters. The number of rotatable bonds is 7. The zero-order valence-corrected chi connectivity index (χ0v) is 11.8. The van der Waals surface area contributed by atoms with Crippen LogP contribution in [0.15, 0.2) is 12.4 Å². The highest BCUT2D eigenvalue weighted by atomic mass is 16.5. The van der Waals surface area contributed by atoms with Crippen LogP contribution in [0.5, 0.6) is 0 Å². The molecule has 1 aromatic rings. The third-order valence-corrected chi connectivity index (χ3v) is 2.78. The summed E-state index contributed by atoms with van der Waals surface area (Å²) in [6, 6.07) is -1.70. The van der Waals surface area contributed by atoms with E-state index in [1.807, 2.05) is 0 Å². The molecule has 2 amide bonds. The molecule has 0 bridgehead atoms. The summed E-state index contributed by atoms with van der Waals surface area (Å²) in [6.07, 6.45) is 3.08. The van der Waals surface area contributed by atoms with E-state index in [9.17, 15) is 14.4 Å². The smallest absolute Gasteiger partial charge is 0.326 e. The molecule has 21 heavy (non-hydrogen) atoms. The van der Waals surface area contributed by atoms with Crippen molar-refractivity contribution in [2.24, 2.45) is 0 Å². The van der Waals surface area contributed by atoms with Gasteiger partial charge in [-0.15, -0.1) is 0 Å². The highest BCUT2D eigenvalue weighted by Crippen LogP contribution is 2.03. The van der Waals surface area contributed by atoms with Crippen LogP contribution in [0.25, 0.3) is 0 Å². The van der Waals surface area contributed by atoms with E-state index in [1.165, 1.54) is 19.1 Å². The Kier molecular flexibility index (Phi) is 6.18. The fourth-order valence-corrected chi connectivity index (χ4v) is 1.59. The number of carbonyl (C=O) groups excluding carboxylic acids is 2.